The molecule has 6 nitrogen and oxygen atoms in total. The number of methoxy groups -OCH3 is 2. The summed E-state index contributed by atoms with van der Waals surface area (Å²) in [6, 6.07) is 7.51. The molecule has 6 heteroatoms. The molecular weight excluding hydrogens is 284 g/mol. The molecule has 0 saturated carbocycles. The van der Waals surface area contributed by atoms with Crippen LogP contribution in [0.2, 0.25) is 0 Å². The van der Waals surface area contributed by atoms with Gasteiger partial charge in [0.15, 0.2) is 6.29 Å². The van der Waals surface area contributed by atoms with E-state index in [9.17, 15) is 4.79 Å². The predicted octanol–water partition coefficient (Wildman–Crippen LogP) is 2.44. The standard InChI is InChI=1S/C16H20N2O4/c1-4-22-16(19)12-7-11-5-6-13(8-14(11)18-9-12)17-10-15(20-2)21-3/h5-9,15,17H,4,10H2,1-3H3. The van der Waals surface area contributed by atoms with Crippen LogP contribution in [0.4, 0.5) is 5.69 Å². The molecule has 2 aromatic rings. The van der Waals surface area contributed by atoms with Crippen molar-refractivity contribution in [3.63, 3.8) is 0 Å². The van der Waals surface area contributed by atoms with E-state index in [1.165, 1.54) is 6.20 Å². The summed E-state index contributed by atoms with van der Waals surface area (Å²) < 4.78 is 15.2. The van der Waals surface area contributed by atoms with Gasteiger partial charge in [-0.1, -0.05) is 6.07 Å². The minimum absolute atomic E-state index is 0.310. The lowest BCUT2D eigenvalue weighted by Gasteiger charge is -2.15. The number of nitrogens with zero attached hydrogens (tertiary/aromatic N) is 1. The highest BCUT2D eigenvalue weighted by molar-refractivity contribution is 5.94. The smallest absolute Gasteiger partial charge is 0.339 e. The maximum Gasteiger partial charge on any atom is 0.339 e. The van der Waals surface area contributed by atoms with Crippen molar-refractivity contribution >= 4 is 22.6 Å². The lowest BCUT2D eigenvalue weighted by atomic mass is 10.1. The van der Waals surface area contributed by atoms with Crippen molar-refractivity contribution in [1.29, 1.82) is 0 Å². The average Bonchev–Trinajstić information content (AvgIpc) is 2.55. The van der Waals surface area contributed by atoms with Crippen molar-refractivity contribution in [2.45, 2.75) is 13.2 Å². The van der Waals surface area contributed by atoms with Crippen molar-refractivity contribution in [3.05, 3.63) is 36.0 Å². The summed E-state index contributed by atoms with van der Waals surface area (Å²) in [6.45, 7) is 2.65. The summed E-state index contributed by atoms with van der Waals surface area (Å²) in [4.78, 5) is 16.0. The minimum Gasteiger partial charge on any atom is -0.462 e. The van der Waals surface area contributed by atoms with Crippen molar-refractivity contribution in [3.8, 4) is 0 Å². The monoisotopic (exact) mass is 304 g/mol. The van der Waals surface area contributed by atoms with Crippen LogP contribution in [0.25, 0.3) is 10.9 Å². The van der Waals surface area contributed by atoms with Crippen LogP contribution >= 0.6 is 0 Å². The molecule has 0 radical (unpaired) electrons. The zero-order chi connectivity index (χ0) is 15.9. The summed E-state index contributed by atoms with van der Waals surface area (Å²) in [5.74, 6) is -0.359. The summed E-state index contributed by atoms with van der Waals surface area (Å²) in [5, 5.41) is 4.10. The van der Waals surface area contributed by atoms with Crippen molar-refractivity contribution in [2.24, 2.45) is 0 Å². The van der Waals surface area contributed by atoms with Gasteiger partial charge in [-0.25, -0.2) is 4.79 Å². The summed E-state index contributed by atoms with van der Waals surface area (Å²) in [5.41, 5.74) is 2.15. The highest BCUT2D eigenvalue weighted by Crippen LogP contribution is 2.19. The van der Waals surface area contributed by atoms with E-state index in [0.29, 0.717) is 18.7 Å². The first-order chi connectivity index (χ1) is 10.7. The Morgan fingerprint density at radius 3 is 2.73 bits per heavy atom. The summed E-state index contributed by atoms with van der Waals surface area (Å²) >= 11 is 0. The van der Waals surface area contributed by atoms with Gasteiger partial charge >= 0.3 is 5.97 Å². The van der Waals surface area contributed by atoms with Gasteiger partial charge in [0.05, 0.1) is 24.2 Å². The van der Waals surface area contributed by atoms with E-state index < -0.39 is 0 Å². The molecule has 1 heterocycles. The fourth-order valence-corrected chi connectivity index (χ4v) is 2.02. The molecule has 0 bridgehead atoms. The van der Waals surface area contributed by atoms with Gasteiger partial charge in [-0.3, -0.25) is 4.98 Å². The van der Waals surface area contributed by atoms with Gasteiger partial charge in [0, 0.05) is 31.5 Å². The number of nitrogens with one attached hydrogen (secondary N) is 1. The molecule has 22 heavy (non-hydrogen) atoms. The summed E-state index contributed by atoms with van der Waals surface area (Å²) in [6.07, 6.45) is 1.21. The van der Waals surface area contributed by atoms with E-state index in [2.05, 4.69) is 10.3 Å². The highest BCUT2D eigenvalue weighted by atomic mass is 16.7. The maximum atomic E-state index is 11.7. The van der Waals surface area contributed by atoms with E-state index in [1.54, 1.807) is 27.2 Å². The largest absolute Gasteiger partial charge is 0.462 e. The first-order valence-corrected chi connectivity index (χ1v) is 7.04. The number of carbonyl (C=O) groups excluding carboxylic acids is 1. The SMILES string of the molecule is CCOC(=O)c1cnc2cc(NCC(OC)OC)ccc2c1. The number of fused-ring (bicyclic) bond motifs is 1. The molecule has 0 saturated heterocycles. The molecule has 0 spiro atoms. The Bertz CT molecular complexity index is 641. The Labute approximate surface area is 129 Å². The Morgan fingerprint density at radius 1 is 1.27 bits per heavy atom. The van der Waals surface area contributed by atoms with E-state index >= 15 is 0 Å². The number of rotatable bonds is 7. The molecule has 118 valence electrons. The second-order valence-electron chi connectivity index (χ2n) is 4.63. The number of ether oxygens (including phenoxy) is 3. The topological polar surface area (TPSA) is 69.7 Å². The van der Waals surface area contributed by atoms with Gasteiger partial charge in [-0.05, 0) is 25.1 Å². The van der Waals surface area contributed by atoms with Crippen LogP contribution in [-0.2, 0) is 14.2 Å². The van der Waals surface area contributed by atoms with Crippen molar-refractivity contribution in [1.82, 2.24) is 4.98 Å². The maximum absolute atomic E-state index is 11.7. The number of esters is 1. The van der Waals surface area contributed by atoms with Crippen LogP contribution in [0, 0.1) is 0 Å². The van der Waals surface area contributed by atoms with Crippen LogP contribution in [0.3, 0.4) is 0 Å². The molecule has 0 unspecified atom stereocenters. The van der Waals surface area contributed by atoms with Crippen LogP contribution in [0.5, 0.6) is 0 Å². The molecule has 0 fully saturated rings. The normalized spacial score (nSPS) is 10.9. The first kappa shape index (κ1) is 16.2. The van der Waals surface area contributed by atoms with Gasteiger partial charge in [-0.2, -0.15) is 0 Å². The Kier molecular flexibility index (Phi) is 5.68. The zero-order valence-corrected chi connectivity index (χ0v) is 13.0. The minimum atomic E-state index is -0.359. The van der Waals surface area contributed by atoms with E-state index in [-0.39, 0.29) is 12.3 Å². The lowest BCUT2D eigenvalue weighted by molar-refractivity contribution is -0.0914. The van der Waals surface area contributed by atoms with Crippen LogP contribution in [0.1, 0.15) is 17.3 Å². The third-order valence-corrected chi connectivity index (χ3v) is 3.19. The molecule has 1 N–H and O–H groups in total. The molecule has 1 aromatic carbocycles. The molecule has 0 aliphatic rings. The molecule has 0 atom stereocenters. The number of carbonyl (C=O) groups is 1. The first-order valence-electron chi connectivity index (χ1n) is 7.04. The number of benzene rings is 1. The van der Waals surface area contributed by atoms with Crippen molar-refractivity contribution in [2.75, 3.05) is 32.7 Å². The zero-order valence-electron chi connectivity index (χ0n) is 13.0. The Morgan fingerprint density at radius 2 is 2.05 bits per heavy atom. The number of aromatic nitrogens is 1. The van der Waals surface area contributed by atoms with Crippen LogP contribution in [-0.4, -0.2) is 44.6 Å². The number of hydrogen-bond acceptors (Lipinski definition) is 6. The van der Waals surface area contributed by atoms with Gasteiger partial charge in [-0.15, -0.1) is 0 Å². The fourth-order valence-electron chi connectivity index (χ4n) is 2.02. The molecule has 0 aliphatic carbocycles. The fraction of sp³-hybridized carbons (Fsp3) is 0.375. The van der Waals surface area contributed by atoms with Gasteiger partial charge < -0.3 is 19.5 Å². The third-order valence-electron chi connectivity index (χ3n) is 3.19. The number of pyridine rings is 1. The average molecular weight is 304 g/mol. The van der Waals surface area contributed by atoms with Gasteiger partial charge in [0.2, 0.25) is 0 Å². The quantitative estimate of drug-likeness (QED) is 0.626. The molecule has 0 amide bonds. The van der Waals surface area contributed by atoms with Crippen LogP contribution < -0.4 is 5.32 Å². The summed E-state index contributed by atoms with van der Waals surface area (Å²) in [7, 11) is 3.18. The number of hydrogen-bond donors (Lipinski definition) is 1. The number of anilines is 1. The van der Waals surface area contributed by atoms with E-state index in [4.69, 9.17) is 14.2 Å². The highest BCUT2D eigenvalue weighted by Gasteiger charge is 2.09. The Hall–Kier alpha value is -2.18. The van der Waals surface area contributed by atoms with E-state index in [1.807, 2.05) is 18.2 Å². The van der Waals surface area contributed by atoms with Gasteiger partial charge in [0.1, 0.15) is 0 Å². The van der Waals surface area contributed by atoms with Gasteiger partial charge in [0.25, 0.3) is 0 Å². The second-order valence-corrected chi connectivity index (χ2v) is 4.63. The molecular formula is C16H20N2O4. The predicted molar refractivity (Wildman–Crippen MR) is 84.0 cm³/mol. The Balaban J connectivity index is 2.14. The molecule has 1 aromatic heterocycles. The van der Waals surface area contributed by atoms with Crippen molar-refractivity contribution < 1.29 is 19.0 Å². The second kappa shape index (κ2) is 7.72. The third kappa shape index (κ3) is 3.93. The lowest BCUT2D eigenvalue weighted by Crippen LogP contribution is -2.23. The van der Waals surface area contributed by atoms with Crippen LogP contribution in [0.15, 0.2) is 30.5 Å². The molecule has 2 rings (SSSR count). The molecule has 0 aliphatic heterocycles. The van der Waals surface area contributed by atoms with E-state index in [0.717, 1.165) is 16.6 Å².